The van der Waals surface area contributed by atoms with Crippen LogP contribution in [0.5, 0.6) is 5.75 Å². The maximum Gasteiger partial charge on any atom is 0.156 e. The van der Waals surface area contributed by atoms with Crippen molar-refractivity contribution in [2.24, 2.45) is 0 Å². The number of nitrogens with zero attached hydrogens (tertiary/aromatic N) is 2. The van der Waals surface area contributed by atoms with Gasteiger partial charge in [0, 0.05) is 11.8 Å². The topological polar surface area (TPSA) is 50.8 Å². The number of pyridine rings is 1. The second kappa shape index (κ2) is 6.18. The number of hydrogen-bond acceptors (Lipinski definition) is 3. The zero-order valence-corrected chi connectivity index (χ0v) is 14.0. The molecule has 0 radical (unpaired) electrons. The number of nitrogens with one attached hydrogen (secondary N) is 1. The van der Waals surface area contributed by atoms with Crippen LogP contribution in [0.2, 0.25) is 5.02 Å². The van der Waals surface area contributed by atoms with Crippen LogP contribution in [0.15, 0.2) is 54.7 Å². The molecule has 0 saturated carbocycles. The molecule has 0 aliphatic heterocycles. The van der Waals surface area contributed by atoms with Gasteiger partial charge < -0.3 is 4.74 Å². The average Bonchev–Trinajstić information content (AvgIpc) is 3.08. The second-order valence-corrected chi connectivity index (χ2v) is 5.89. The van der Waals surface area contributed by atoms with Gasteiger partial charge in [0.05, 0.1) is 17.5 Å². The van der Waals surface area contributed by atoms with Crippen LogP contribution in [0, 0.1) is 5.82 Å². The van der Waals surface area contributed by atoms with Crippen LogP contribution >= 0.6 is 11.6 Å². The molecule has 0 unspecified atom stereocenters. The van der Waals surface area contributed by atoms with Crippen LogP contribution in [0.4, 0.5) is 4.39 Å². The van der Waals surface area contributed by atoms with E-state index in [2.05, 4.69) is 15.2 Å². The molecule has 0 bridgehead atoms. The number of hydrogen-bond donors (Lipinski definition) is 1. The highest BCUT2D eigenvalue weighted by Crippen LogP contribution is 2.38. The third kappa shape index (κ3) is 2.62. The molecule has 2 aromatic heterocycles. The number of benzene rings is 2. The lowest BCUT2D eigenvalue weighted by Gasteiger charge is -2.09. The SMILES string of the molecule is COc1ccccc1-c1n[nH]c2nccc(-c3ccc(F)c(Cl)c3)c12. The van der Waals surface area contributed by atoms with Crippen molar-refractivity contribution in [3.63, 3.8) is 0 Å². The Morgan fingerprint density at radius 3 is 2.72 bits per heavy atom. The first-order chi connectivity index (χ1) is 12.2. The Kier molecular flexibility index (Phi) is 3.86. The highest BCUT2D eigenvalue weighted by atomic mass is 35.5. The minimum Gasteiger partial charge on any atom is -0.496 e. The predicted molar refractivity (Wildman–Crippen MR) is 96.3 cm³/mol. The molecule has 124 valence electrons. The van der Waals surface area contributed by atoms with E-state index in [0.29, 0.717) is 11.4 Å². The van der Waals surface area contributed by atoms with Gasteiger partial charge in [-0.3, -0.25) is 5.10 Å². The van der Waals surface area contributed by atoms with Gasteiger partial charge in [-0.05, 0) is 41.5 Å². The second-order valence-electron chi connectivity index (χ2n) is 5.48. The number of halogens is 2. The first-order valence-corrected chi connectivity index (χ1v) is 7.98. The van der Waals surface area contributed by atoms with Crippen molar-refractivity contribution in [2.75, 3.05) is 7.11 Å². The van der Waals surface area contributed by atoms with Gasteiger partial charge >= 0.3 is 0 Å². The van der Waals surface area contributed by atoms with E-state index in [1.54, 1.807) is 25.4 Å². The van der Waals surface area contributed by atoms with Crippen LogP contribution < -0.4 is 4.74 Å². The molecule has 4 aromatic rings. The first-order valence-electron chi connectivity index (χ1n) is 7.61. The molecule has 25 heavy (non-hydrogen) atoms. The summed E-state index contributed by atoms with van der Waals surface area (Å²) in [5.41, 5.74) is 3.85. The molecule has 1 N–H and O–H groups in total. The summed E-state index contributed by atoms with van der Waals surface area (Å²) < 4.78 is 19.0. The molecule has 2 aromatic carbocycles. The van der Waals surface area contributed by atoms with Crippen LogP contribution in [-0.4, -0.2) is 22.3 Å². The molecule has 0 aliphatic carbocycles. The number of fused-ring (bicyclic) bond motifs is 1. The smallest absolute Gasteiger partial charge is 0.156 e. The Labute approximate surface area is 148 Å². The summed E-state index contributed by atoms with van der Waals surface area (Å²) in [5, 5.41) is 8.28. The number of rotatable bonds is 3. The Balaban J connectivity index is 2.01. The molecule has 2 heterocycles. The summed E-state index contributed by atoms with van der Waals surface area (Å²) in [4.78, 5) is 4.34. The molecule has 0 fully saturated rings. The van der Waals surface area contributed by atoms with Crippen molar-refractivity contribution < 1.29 is 9.13 Å². The van der Waals surface area contributed by atoms with Crippen LogP contribution in [0.1, 0.15) is 0 Å². The fourth-order valence-electron chi connectivity index (χ4n) is 2.89. The summed E-state index contributed by atoms with van der Waals surface area (Å²) in [7, 11) is 1.62. The van der Waals surface area contributed by atoms with E-state index in [9.17, 15) is 4.39 Å². The Morgan fingerprint density at radius 2 is 1.92 bits per heavy atom. The number of para-hydroxylation sites is 1. The summed E-state index contributed by atoms with van der Waals surface area (Å²) in [6.45, 7) is 0. The van der Waals surface area contributed by atoms with Gasteiger partial charge in [-0.2, -0.15) is 5.10 Å². The van der Waals surface area contributed by atoms with E-state index in [1.165, 1.54) is 6.07 Å². The number of H-pyrrole nitrogens is 1. The van der Waals surface area contributed by atoms with Gasteiger partial charge in [0.2, 0.25) is 0 Å². The number of aromatic amines is 1. The Bertz CT molecular complexity index is 1080. The van der Waals surface area contributed by atoms with E-state index in [1.807, 2.05) is 30.3 Å². The lowest BCUT2D eigenvalue weighted by atomic mass is 9.99. The third-order valence-electron chi connectivity index (χ3n) is 4.05. The predicted octanol–water partition coefficient (Wildman–Crippen LogP) is 5.09. The molecule has 0 atom stereocenters. The van der Waals surface area contributed by atoms with Gasteiger partial charge in [0.1, 0.15) is 17.3 Å². The fourth-order valence-corrected chi connectivity index (χ4v) is 3.07. The number of aromatic nitrogens is 3. The van der Waals surface area contributed by atoms with Gasteiger partial charge in [-0.25, -0.2) is 9.37 Å². The Morgan fingerprint density at radius 1 is 1.08 bits per heavy atom. The fraction of sp³-hybridized carbons (Fsp3) is 0.0526. The van der Waals surface area contributed by atoms with Crippen molar-refractivity contribution in [1.82, 2.24) is 15.2 Å². The summed E-state index contributed by atoms with van der Waals surface area (Å²) in [6.07, 6.45) is 1.68. The third-order valence-corrected chi connectivity index (χ3v) is 4.34. The zero-order chi connectivity index (χ0) is 17.4. The highest BCUT2D eigenvalue weighted by Gasteiger charge is 2.17. The van der Waals surface area contributed by atoms with E-state index in [-0.39, 0.29) is 5.02 Å². The summed E-state index contributed by atoms with van der Waals surface area (Å²) in [6, 6.07) is 14.1. The van der Waals surface area contributed by atoms with Crippen molar-refractivity contribution >= 4 is 22.6 Å². The number of ether oxygens (including phenoxy) is 1. The maximum absolute atomic E-state index is 13.5. The van der Waals surface area contributed by atoms with Crippen molar-refractivity contribution in [1.29, 1.82) is 0 Å². The molecule has 0 saturated heterocycles. The molecule has 4 rings (SSSR count). The normalized spacial score (nSPS) is 11.0. The average molecular weight is 354 g/mol. The quantitative estimate of drug-likeness (QED) is 0.558. The first kappa shape index (κ1) is 15.6. The van der Waals surface area contributed by atoms with Crippen LogP contribution in [0.25, 0.3) is 33.4 Å². The molecule has 0 aliphatic rings. The molecule has 4 nitrogen and oxygen atoms in total. The minimum absolute atomic E-state index is 0.0739. The lowest BCUT2D eigenvalue weighted by molar-refractivity contribution is 0.416. The van der Waals surface area contributed by atoms with Crippen molar-refractivity contribution in [2.45, 2.75) is 0 Å². The van der Waals surface area contributed by atoms with E-state index >= 15 is 0 Å². The largest absolute Gasteiger partial charge is 0.496 e. The van der Waals surface area contributed by atoms with Gasteiger partial charge in [0.15, 0.2) is 5.65 Å². The van der Waals surface area contributed by atoms with Crippen LogP contribution in [0.3, 0.4) is 0 Å². The summed E-state index contributed by atoms with van der Waals surface area (Å²) in [5.74, 6) is 0.260. The molecule has 0 amide bonds. The highest BCUT2D eigenvalue weighted by molar-refractivity contribution is 6.31. The van der Waals surface area contributed by atoms with Gasteiger partial charge in [0.25, 0.3) is 0 Å². The Hall–Kier alpha value is -2.92. The van der Waals surface area contributed by atoms with Gasteiger partial charge in [-0.1, -0.05) is 29.8 Å². The van der Waals surface area contributed by atoms with Crippen molar-refractivity contribution in [3.8, 4) is 28.1 Å². The van der Waals surface area contributed by atoms with E-state index in [0.717, 1.165) is 27.8 Å². The molecule has 0 spiro atoms. The lowest BCUT2D eigenvalue weighted by Crippen LogP contribution is -1.89. The molecular formula is C19H13ClFN3O. The van der Waals surface area contributed by atoms with E-state index < -0.39 is 5.82 Å². The number of methoxy groups -OCH3 is 1. The van der Waals surface area contributed by atoms with E-state index in [4.69, 9.17) is 16.3 Å². The van der Waals surface area contributed by atoms with Crippen molar-refractivity contribution in [3.05, 3.63) is 65.6 Å². The van der Waals surface area contributed by atoms with Crippen LogP contribution in [-0.2, 0) is 0 Å². The minimum atomic E-state index is -0.451. The summed E-state index contributed by atoms with van der Waals surface area (Å²) >= 11 is 5.96. The zero-order valence-electron chi connectivity index (χ0n) is 13.3. The maximum atomic E-state index is 13.5. The monoisotopic (exact) mass is 353 g/mol. The molecular weight excluding hydrogens is 341 g/mol. The molecule has 6 heteroatoms. The standard InChI is InChI=1S/C19H13ClFN3O/c1-25-16-5-3-2-4-13(16)18-17-12(8-9-22-19(17)24-23-18)11-6-7-15(21)14(20)10-11/h2-10H,1H3,(H,22,23,24). The van der Waals surface area contributed by atoms with Gasteiger partial charge in [-0.15, -0.1) is 0 Å².